The van der Waals surface area contributed by atoms with Crippen LogP contribution in [0.5, 0.6) is 11.5 Å². The third-order valence-electron chi connectivity index (χ3n) is 7.16. The van der Waals surface area contributed by atoms with Gasteiger partial charge >= 0.3 is 0 Å². The number of rotatable bonds is 6. The number of aromatic nitrogens is 4. The topological polar surface area (TPSA) is 68.5 Å². The van der Waals surface area contributed by atoms with E-state index in [1.807, 2.05) is 6.07 Å². The van der Waals surface area contributed by atoms with Crippen LogP contribution in [-0.4, -0.2) is 63.0 Å². The molecule has 0 bridgehead atoms. The Labute approximate surface area is 194 Å². The van der Waals surface area contributed by atoms with E-state index in [9.17, 15) is 0 Å². The van der Waals surface area contributed by atoms with E-state index < -0.39 is 0 Å². The van der Waals surface area contributed by atoms with Crippen LogP contribution in [-0.2, 0) is 6.54 Å². The van der Waals surface area contributed by atoms with E-state index in [4.69, 9.17) is 9.47 Å². The summed E-state index contributed by atoms with van der Waals surface area (Å²) >= 11 is 0. The Hall–Kier alpha value is -2.97. The Morgan fingerprint density at radius 3 is 2.52 bits per heavy atom. The first-order valence-electron chi connectivity index (χ1n) is 12.0. The molecule has 6 rings (SSSR count). The van der Waals surface area contributed by atoms with Gasteiger partial charge in [0.1, 0.15) is 0 Å². The molecule has 33 heavy (non-hydrogen) atoms. The van der Waals surface area contributed by atoms with Crippen molar-refractivity contribution < 1.29 is 9.47 Å². The summed E-state index contributed by atoms with van der Waals surface area (Å²) in [7, 11) is 0. The van der Waals surface area contributed by atoms with Crippen LogP contribution in [0.1, 0.15) is 54.7 Å². The summed E-state index contributed by atoms with van der Waals surface area (Å²) in [6, 6.07) is 17.5. The maximum atomic E-state index is 5.55. The molecular weight excluding hydrogens is 416 g/mol. The lowest BCUT2D eigenvalue weighted by Crippen LogP contribution is -2.48. The van der Waals surface area contributed by atoms with Crippen LogP contribution in [0, 0.1) is 0 Å². The van der Waals surface area contributed by atoms with Gasteiger partial charge in [-0.1, -0.05) is 49.2 Å². The number of fused-ring (bicyclic) bond motifs is 1. The monoisotopic (exact) mass is 446 g/mol. The molecule has 1 unspecified atom stereocenters. The standard InChI is InChI=1S/C25H30N6O2/c1-2-6-20(7-3-1)24(25-26-27-28-31(25)21-8-4-5-9-21)30-14-12-29(13-15-30)17-19-10-11-22-23(16-19)33-18-32-22/h1-3,6-7,10-11,16,21,24H,4-5,8-9,12-15,17-18H2. The molecule has 0 radical (unpaired) electrons. The largest absolute Gasteiger partial charge is 0.454 e. The molecule has 3 aliphatic rings. The van der Waals surface area contributed by atoms with E-state index in [0.29, 0.717) is 12.8 Å². The highest BCUT2D eigenvalue weighted by Gasteiger charge is 2.33. The van der Waals surface area contributed by atoms with Crippen LogP contribution in [0.3, 0.4) is 0 Å². The molecule has 3 heterocycles. The molecule has 2 aromatic carbocycles. The van der Waals surface area contributed by atoms with Gasteiger partial charge in [0.15, 0.2) is 17.3 Å². The van der Waals surface area contributed by atoms with E-state index in [1.54, 1.807) is 0 Å². The van der Waals surface area contributed by atoms with Crippen molar-refractivity contribution in [3.8, 4) is 11.5 Å². The number of hydrogen-bond acceptors (Lipinski definition) is 7. The number of ether oxygens (including phenoxy) is 2. The maximum Gasteiger partial charge on any atom is 0.231 e. The first kappa shape index (κ1) is 20.6. The van der Waals surface area contributed by atoms with Crippen molar-refractivity contribution in [2.24, 2.45) is 0 Å². The van der Waals surface area contributed by atoms with Gasteiger partial charge in [-0.25, -0.2) is 4.68 Å². The van der Waals surface area contributed by atoms with Crippen LogP contribution in [0.15, 0.2) is 48.5 Å². The minimum atomic E-state index is 0.0782. The van der Waals surface area contributed by atoms with Gasteiger partial charge in [0, 0.05) is 32.7 Å². The van der Waals surface area contributed by atoms with Crippen molar-refractivity contribution in [3.63, 3.8) is 0 Å². The highest BCUT2D eigenvalue weighted by Crippen LogP contribution is 2.35. The normalized spacial score (nSPS) is 20.4. The first-order chi connectivity index (χ1) is 16.3. The van der Waals surface area contributed by atoms with E-state index in [0.717, 1.165) is 50.0 Å². The quantitative estimate of drug-likeness (QED) is 0.575. The van der Waals surface area contributed by atoms with Gasteiger partial charge in [-0.3, -0.25) is 9.80 Å². The zero-order valence-electron chi connectivity index (χ0n) is 18.8. The maximum absolute atomic E-state index is 5.55. The average molecular weight is 447 g/mol. The minimum Gasteiger partial charge on any atom is -0.454 e. The summed E-state index contributed by atoms with van der Waals surface area (Å²) < 4.78 is 13.1. The first-order valence-corrected chi connectivity index (χ1v) is 12.0. The lowest BCUT2D eigenvalue weighted by Gasteiger charge is -2.39. The molecule has 2 fully saturated rings. The van der Waals surface area contributed by atoms with Crippen molar-refractivity contribution in [1.82, 2.24) is 30.0 Å². The smallest absolute Gasteiger partial charge is 0.231 e. The zero-order chi connectivity index (χ0) is 22.0. The van der Waals surface area contributed by atoms with Crippen molar-refractivity contribution in [2.75, 3.05) is 33.0 Å². The fraction of sp³-hybridized carbons (Fsp3) is 0.480. The molecular formula is C25H30N6O2. The highest BCUT2D eigenvalue weighted by molar-refractivity contribution is 5.44. The summed E-state index contributed by atoms with van der Waals surface area (Å²) in [5.74, 6) is 2.68. The second-order valence-corrected chi connectivity index (χ2v) is 9.23. The molecule has 1 aliphatic carbocycles. The van der Waals surface area contributed by atoms with Gasteiger partial charge in [0.2, 0.25) is 6.79 Å². The van der Waals surface area contributed by atoms with Gasteiger partial charge in [0.05, 0.1) is 12.1 Å². The number of piperazine rings is 1. The van der Waals surface area contributed by atoms with Gasteiger partial charge in [-0.2, -0.15) is 0 Å². The zero-order valence-corrected chi connectivity index (χ0v) is 18.8. The molecule has 3 aromatic rings. The molecule has 172 valence electrons. The Balaban J connectivity index is 1.19. The average Bonchev–Trinajstić information content (AvgIpc) is 3.63. The molecule has 0 spiro atoms. The number of hydrogen-bond donors (Lipinski definition) is 0. The molecule has 0 N–H and O–H groups in total. The van der Waals surface area contributed by atoms with E-state index >= 15 is 0 Å². The molecule has 1 saturated carbocycles. The third kappa shape index (κ3) is 4.20. The van der Waals surface area contributed by atoms with E-state index in [2.05, 4.69) is 72.5 Å². The minimum absolute atomic E-state index is 0.0782. The Morgan fingerprint density at radius 1 is 0.909 bits per heavy atom. The van der Waals surface area contributed by atoms with Gasteiger partial charge in [0.25, 0.3) is 0 Å². The van der Waals surface area contributed by atoms with Gasteiger partial charge in [-0.05, 0) is 46.5 Å². The van der Waals surface area contributed by atoms with Crippen LogP contribution in [0.2, 0.25) is 0 Å². The molecule has 0 amide bonds. The SMILES string of the molecule is c1ccc(C(c2nnnn2C2CCCC2)N2CCN(Cc3ccc4c(c3)OCO4)CC2)cc1. The molecule has 1 saturated heterocycles. The number of tetrazole rings is 1. The summed E-state index contributed by atoms with van der Waals surface area (Å²) in [6.07, 6.45) is 4.86. The van der Waals surface area contributed by atoms with E-state index in [-0.39, 0.29) is 6.04 Å². The Bertz CT molecular complexity index is 1070. The van der Waals surface area contributed by atoms with Crippen LogP contribution < -0.4 is 9.47 Å². The second-order valence-electron chi connectivity index (χ2n) is 9.23. The van der Waals surface area contributed by atoms with Crippen LogP contribution >= 0.6 is 0 Å². The molecule has 1 aromatic heterocycles. The predicted molar refractivity (Wildman–Crippen MR) is 123 cm³/mol. The summed E-state index contributed by atoms with van der Waals surface area (Å²) in [5.41, 5.74) is 2.52. The lowest BCUT2D eigenvalue weighted by molar-refractivity contribution is 0.0992. The van der Waals surface area contributed by atoms with Crippen molar-refractivity contribution in [3.05, 3.63) is 65.5 Å². The highest BCUT2D eigenvalue weighted by atomic mass is 16.7. The predicted octanol–water partition coefficient (Wildman–Crippen LogP) is 3.42. The fourth-order valence-electron chi connectivity index (χ4n) is 5.43. The third-order valence-corrected chi connectivity index (χ3v) is 7.16. The van der Waals surface area contributed by atoms with Crippen molar-refractivity contribution in [2.45, 2.75) is 44.3 Å². The molecule has 2 aliphatic heterocycles. The molecule has 8 heteroatoms. The van der Waals surface area contributed by atoms with Crippen molar-refractivity contribution in [1.29, 1.82) is 0 Å². The second kappa shape index (κ2) is 9.11. The molecule has 1 atom stereocenters. The summed E-state index contributed by atoms with van der Waals surface area (Å²) in [5, 5.41) is 13.1. The van der Waals surface area contributed by atoms with Crippen molar-refractivity contribution >= 4 is 0 Å². The number of benzene rings is 2. The van der Waals surface area contributed by atoms with Gasteiger partial charge in [-0.15, -0.1) is 5.10 Å². The van der Waals surface area contributed by atoms with Crippen LogP contribution in [0.25, 0.3) is 0 Å². The lowest BCUT2D eigenvalue weighted by atomic mass is 10.0. The summed E-state index contributed by atoms with van der Waals surface area (Å²) in [4.78, 5) is 5.05. The van der Waals surface area contributed by atoms with Crippen LogP contribution in [0.4, 0.5) is 0 Å². The number of nitrogens with zero attached hydrogens (tertiary/aromatic N) is 6. The fourth-order valence-corrected chi connectivity index (χ4v) is 5.43. The Kier molecular flexibility index (Phi) is 5.69. The summed E-state index contributed by atoms with van der Waals surface area (Å²) in [6.45, 7) is 5.19. The van der Waals surface area contributed by atoms with E-state index in [1.165, 1.54) is 36.8 Å². The molecule has 8 nitrogen and oxygen atoms in total. The Morgan fingerprint density at radius 2 is 1.70 bits per heavy atom. The van der Waals surface area contributed by atoms with Gasteiger partial charge < -0.3 is 9.47 Å².